The molecule has 3 heterocycles. The minimum Gasteiger partial charge on any atom is -0.495 e. The molecule has 1 N–H and O–H groups in total. The van der Waals surface area contributed by atoms with Gasteiger partial charge in [0.1, 0.15) is 10.8 Å². The Bertz CT molecular complexity index is 1370. The van der Waals surface area contributed by atoms with Crippen molar-refractivity contribution in [3.8, 4) is 5.75 Å². The van der Waals surface area contributed by atoms with Crippen molar-refractivity contribution >= 4 is 50.9 Å². The molecule has 1 fully saturated rings. The predicted octanol–water partition coefficient (Wildman–Crippen LogP) is 6.43. The molecule has 0 amide bonds. The van der Waals surface area contributed by atoms with Crippen LogP contribution in [-0.2, 0) is 9.53 Å². The number of ether oxygens (including phenoxy) is 2. The first-order chi connectivity index (χ1) is 18.0. The molecule has 0 atom stereocenters. The van der Waals surface area contributed by atoms with Crippen molar-refractivity contribution in [1.29, 1.82) is 0 Å². The maximum atomic E-state index is 12.3. The summed E-state index contributed by atoms with van der Waals surface area (Å²) in [4.78, 5) is 25.2. The average Bonchev–Trinajstić information content (AvgIpc) is 3.38. The molecule has 0 saturated carbocycles. The van der Waals surface area contributed by atoms with Gasteiger partial charge in [-0.05, 0) is 93.4 Å². The molecule has 5 rings (SSSR count). The maximum absolute atomic E-state index is 12.3. The van der Waals surface area contributed by atoms with Gasteiger partial charge in [0.05, 0.1) is 35.7 Å². The van der Waals surface area contributed by atoms with Crippen molar-refractivity contribution in [3.63, 3.8) is 0 Å². The van der Waals surface area contributed by atoms with Crippen LogP contribution < -0.4 is 10.1 Å². The zero-order chi connectivity index (χ0) is 25.9. The van der Waals surface area contributed by atoms with E-state index in [1.165, 1.54) is 30.0 Å². The van der Waals surface area contributed by atoms with Crippen LogP contribution in [0.15, 0.2) is 51.2 Å². The number of hydrogen-bond donors (Lipinski definition) is 1. The average molecular weight is 537 g/mol. The van der Waals surface area contributed by atoms with Crippen LogP contribution in [0.25, 0.3) is 10.2 Å². The van der Waals surface area contributed by atoms with Crippen LogP contribution in [0.3, 0.4) is 0 Å². The summed E-state index contributed by atoms with van der Waals surface area (Å²) in [7, 11) is 5.30. The molecule has 7 nitrogen and oxygen atoms in total. The Labute approximate surface area is 226 Å². The minimum atomic E-state index is -0.321. The number of thioether (sulfide) groups is 1. The van der Waals surface area contributed by atoms with Crippen LogP contribution >= 0.6 is 23.1 Å². The molecule has 0 unspecified atom stereocenters. The lowest BCUT2D eigenvalue weighted by atomic mass is 9.86. The van der Waals surface area contributed by atoms with Crippen molar-refractivity contribution in [2.45, 2.75) is 43.6 Å². The number of carbonyl (C=O) groups excluding carboxylic acids is 1. The Morgan fingerprint density at radius 2 is 1.95 bits per heavy atom. The van der Waals surface area contributed by atoms with E-state index in [1.54, 1.807) is 18.4 Å². The third-order valence-corrected chi connectivity index (χ3v) is 9.12. The van der Waals surface area contributed by atoms with Gasteiger partial charge in [0.2, 0.25) is 5.95 Å². The highest BCUT2D eigenvalue weighted by molar-refractivity contribution is 8.03. The number of piperidine rings is 1. The van der Waals surface area contributed by atoms with E-state index in [2.05, 4.69) is 42.4 Å². The zero-order valence-electron chi connectivity index (χ0n) is 21.7. The lowest BCUT2D eigenvalue weighted by molar-refractivity contribution is -0.135. The summed E-state index contributed by atoms with van der Waals surface area (Å²) in [6.45, 7) is 4.40. The summed E-state index contributed by atoms with van der Waals surface area (Å²) >= 11 is 3.08. The SMILES string of the molecule is COC(=O)C1=CCCC=C1Sc1nc(Nc2cc(C)c(C3CCN(C)CC3)cc2OC)nc2ccsc12. The van der Waals surface area contributed by atoms with Crippen LogP contribution in [0.4, 0.5) is 11.6 Å². The first-order valence-electron chi connectivity index (χ1n) is 12.5. The smallest absolute Gasteiger partial charge is 0.338 e. The van der Waals surface area contributed by atoms with Crippen LogP contribution in [0, 0.1) is 6.92 Å². The van der Waals surface area contributed by atoms with E-state index >= 15 is 0 Å². The summed E-state index contributed by atoms with van der Waals surface area (Å²) in [5, 5.41) is 6.24. The molecule has 194 valence electrons. The number of allylic oxidation sites excluding steroid dienone is 2. The zero-order valence-corrected chi connectivity index (χ0v) is 23.3. The number of nitrogens with one attached hydrogen (secondary N) is 1. The number of rotatable bonds is 7. The maximum Gasteiger partial charge on any atom is 0.338 e. The standard InChI is InChI=1S/C28H32N4O3S2/c1-17-15-22(23(34-3)16-20(17)18-9-12-32(2)13-10-18)30-28-29-21-11-14-36-25(21)26(31-28)37-24-8-6-5-7-19(24)27(33)35-4/h7-8,11,14-16,18H,5-6,9-10,12-13H2,1-4H3,(H,29,30,31). The number of fused-ring (bicyclic) bond motifs is 1. The van der Waals surface area contributed by atoms with E-state index in [-0.39, 0.29) is 5.97 Å². The van der Waals surface area contributed by atoms with E-state index in [0.29, 0.717) is 17.4 Å². The Balaban J connectivity index is 1.45. The van der Waals surface area contributed by atoms with E-state index < -0.39 is 0 Å². The minimum absolute atomic E-state index is 0.321. The number of benzene rings is 1. The third kappa shape index (κ3) is 5.54. The van der Waals surface area contributed by atoms with Crippen molar-refractivity contribution in [2.75, 3.05) is 39.7 Å². The molecule has 1 saturated heterocycles. The van der Waals surface area contributed by atoms with Gasteiger partial charge in [0, 0.05) is 4.91 Å². The van der Waals surface area contributed by atoms with Gasteiger partial charge in [0.15, 0.2) is 0 Å². The molecule has 3 aromatic rings. The summed E-state index contributed by atoms with van der Waals surface area (Å²) < 4.78 is 11.8. The monoisotopic (exact) mass is 536 g/mol. The van der Waals surface area contributed by atoms with E-state index in [0.717, 1.165) is 70.4 Å². The summed E-state index contributed by atoms with van der Waals surface area (Å²) in [6.07, 6.45) is 8.05. The summed E-state index contributed by atoms with van der Waals surface area (Å²) in [6, 6.07) is 6.31. The third-order valence-electron chi connectivity index (χ3n) is 6.99. The number of nitrogens with zero attached hydrogens (tertiary/aromatic N) is 3. The lowest BCUT2D eigenvalue weighted by Crippen LogP contribution is -2.29. The van der Waals surface area contributed by atoms with Gasteiger partial charge in [-0.25, -0.2) is 14.8 Å². The molecule has 2 aliphatic rings. The largest absolute Gasteiger partial charge is 0.495 e. The van der Waals surface area contributed by atoms with Gasteiger partial charge in [-0.3, -0.25) is 0 Å². The molecule has 2 aromatic heterocycles. The van der Waals surface area contributed by atoms with Crippen LogP contribution in [0.2, 0.25) is 0 Å². The van der Waals surface area contributed by atoms with Gasteiger partial charge in [0.25, 0.3) is 0 Å². The number of thiophene rings is 1. The first-order valence-corrected chi connectivity index (χ1v) is 14.2. The topological polar surface area (TPSA) is 76.6 Å². The van der Waals surface area contributed by atoms with E-state index in [9.17, 15) is 4.79 Å². The Hall–Kier alpha value is -2.88. The molecular formula is C28H32N4O3S2. The van der Waals surface area contributed by atoms with Gasteiger partial charge in [-0.1, -0.05) is 23.9 Å². The molecule has 0 bridgehead atoms. The fourth-order valence-corrected chi connectivity index (χ4v) is 6.96. The number of methoxy groups -OCH3 is 2. The number of carbonyl (C=O) groups is 1. The highest BCUT2D eigenvalue weighted by Gasteiger charge is 2.23. The molecule has 37 heavy (non-hydrogen) atoms. The molecule has 1 aliphatic carbocycles. The number of aryl methyl sites for hydroxylation is 1. The van der Waals surface area contributed by atoms with Crippen LogP contribution in [0.5, 0.6) is 5.75 Å². The van der Waals surface area contributed by atoms with Gasteiger partial charge in [-0.2, -0.15) is 0 Å². The molecular weight excluding hydrogens is 504 g/mol. The number of likely N-dealkylation sites (tertiary alicyclic amines) is 1. The molecule has 1 aromatic carbocycles. The fourth-order valence-electron chi connectivity index (χ4n) is 4.96. The Morgan fingerprint density at radius 3 is 2.70 bits per heavy atom. The molecule has 0 radical (unpaired) electrons. The normalized spacial score (nSPS) is 16.9. The van der Waals surface area contributed by atoms with Gasteiger partial charge >= 0.3 is 5.97 Å². The van der Waals surface area contributed by atoms with Crippen molar-refractivity contribution in [2.24, 2.45) is 0 Å². The van der Waals surface area contributed by atoms with E-state index in [1.807, 2.05) is 17.5 Å². The number of aromatic nitrogens is 2. The lowest BCUT2D eigenvalue weighted by Gasteiger charge is -2.30. The summed E-state index contributed by atoms with van der Waals surface area (Å²) in [5.74, 6) is 1.51. The quantitative estimate of drug-likeness (QED) is 0.273. The molecule has 0 spiro atoms. The van der Waals surface area contributed by atoms with Gasteiger partial charge in [-0.15, -0.1) is 11.3 Å². The molecule has 9 heteroatoms. The second kappa shape index (κ2) is 11.2. The highest BCUT2D eigenvalue weighted by atomic mass is 32.2. The second-order valence-electron chi connectivity index (χ2n) is 9.46. The fraction of sp³-hybridized carbons (Fsp3) is 0.393. The number of esters is 1. The summed E-state index contributed by atoms with van der Waals surface area (Å²) in [5.41, 5.74) is 4.90. The van der Waals surface area contributed by atoms with Gasteiger partial charge < -0.3 is 19.7 Å². The first kappa shape index (κ1) is 25.8. The Kier molecular flexibility index (Phi) is 7.83. The number of anilines is 2. The predicted molar refractivity (Wildman–Crippen MR) is 151 cm³/mol. The Morgan fingerprint density at radius 1 is 1.16 bits per heavy atom. The van der Waals surface area contributed by atoms with Crippen molar-refractivity contribution in [3.05, 3.63) is 57.3 Å². The van der Waals surface area contributed by atoms with E-state index in [4.69, 9.17) is 19.4 Å². The second-order valence-corrected chi connectivity index (χ2v) is 11.4. The highest BCUT2D eigenvalue weighted by Crippen LogP contribution is 2.41. The van der Waals surface area contributed by atoms with Crippen molar-refractivity contribution < 1.29 is 14.3 Å². The molecule has 1 aliphatic heterocycles. The number of hydrogen-bond acceptors (Lipinski definition) is 9. The van der Waals surface area contributed by atoms with Crippen LogP contribution in [0.1, 0.15) is 42.7 Å². The van der Waals surface area contributed by atoms with Crippen LogP contribution in [-0.4, -0.2) is 55.2 Å². The van der Waals surface area contributed by atoms with Crippen molar-refractivity contribution in [1.82, 2.24) is 14.9 Å².